The fourth-order valence-corrected chi connectivity index (χ4v) is 2.48. The number of ether oxygens (including phenoxy) is 1. The van der Waals surface area contributed by atoms with Crippen LogP contribution in [0.2, 0.25) is 0 Å². The van der Waals surface area contributed by atoms with Gasteiger partial charge in [-0.2, -0.15) is 0 Å². The van der Waals surface area contributed by atoms with Crippen LogP contribution in [0.1, 0.15) is 36.9 Å². The number of nitrogens with two attached hydrogens (primary N) is 1. The van der Waals surface area contributed by atoms with Crippen LogP contribution in [0.15, 0.2) is 18.2 Å². The summed E-state index contributed by atoms with van der Waals surface area (Å²) in [4.78, 5) is 0. The molecule has 1 heterocycles. The normalized spacial score (nSPS) is 24.6. The van der Waals surface area contributed by atoms with Gasteiger partial charge in [0.25, 0.3) is 0 Å². The summed E-state index contributed by atoms with van der Waals surface area (Å²) in [6.45, 7) is 5.88. The van der Waals surface area contributed by atoms with E-state index in [1.165, 1.54) is 0 Å². The molecule has 3 nitrogen and oxygen atoms in total. The molecule has 0 aliphatic carbocycles. The molecule has 2 atom stereocenters. The van der Waals surface area contributed by atoms with Gasteiger partial charge >= 0.3 is 0 Å². The van der Waals surface area contributed by atoms with Crippen LogP contribution in [0, 0.1) is 12.7 Å². The first kappa shape index (κ1) is 14.4. The lowest BCUT2D eigenvalue weighted by molar-refractivity contribution is 0.0189. The van der Waals surface area contributed by atoms with Gasteiger partial charge in [0.1, 0.15) is 5.82 Å². The lowest BCUT2D eigenvalue weighted by atomic mass is 10.0. The number of hydrogen-bond donors (Lipinski definition) is 2. The summed E-state index contributed by atoms with van der Waals surface area (Å²) in [7, 11) is 0. The van der Waals surface area contributed by atoms with Gasteiger partial charge in [-0.25, -0.2) is 4.39 Å². The van der Waals surface area contributed by atoms with Crippen molar-refractivity contribution in [2.75, 3.05) is 19.7 Å². The number of halogens is 1. The first-order valence-corrected chi connectivity index (χ1v) is 6.87. The molecule has 1 aliphatic rings. The van der Waals surface area contributed by atoms with Crippen LogP contribution in [0.4, 0.5) is 4.39 Å². The molecule has 2 rings (SSSR count). The Morgan fingerprint density at radius 2 is 2.32 bits per heavy atom. The zero-order chi connectivity index (χ0) is 13.9. The predicted octanol–water partition coefficient (Wildman–Crippen LogP) is 2.29. The Balaban J connectivity index is 2.01. The molecule has 3 N–H and O–H groups in total. The Hall–Kier alpha value is -0.970. The van der Waals surface area contributed by atoms with Crippen molar-refractivity contribution in [3.05, 3.63) is 35.1 Å². The number of nitrogens with one attached hydrogen (secondary N) is 1. The van der Waals surface area contributed by atoms with Crippen LogP contribution in [-0.2, 0) is 4.74 Å². The number of rotatable bonds is 5. The minimum Gasteiger partial charge on any atom is -0.374 e. The van der Waals surface area contributed by atoms with E-state index in [0.717, 1.165) is 31.6 Å². The molecule has 0 spiro atoms. The van der Waals surface area contributed by atoms with E-state index >= 15 is 0 Å². The average Bonchev–Trinajstić information content (AvgIpc) is 2.81. The zero-order valence-electron chi connectivity index (χ0n) is 11.7. The molecule has 1 fully saturated rings. The third-order valence-corrected chi connectivity index (χ3v) is 3.86. The average molecular weight is 266 g/mol. The molecule has 4 heteroatoms. The predicted molar refractivity (Wildman–Crippen MR) is 74.5 cm³/mol. The highest BCUT2D eigenvalue weighted by molar-refractivity contribution is 5.26. The number of benzene rings is 1. The number of hydrogen-bond acceptors (Lipinski definition) is 3. The molecule has 19 heavy (non-hydrogen) atoms. The maximum Gasteiger partial charge on any atom is 0.126 e. The second-order valence-corrected chi connectivity index (χ2v) is 5.58. The van der Waals surface area contributed by atoms with Gasteiger partial charge in [0.15, 0.2) is 0 Å². The van der Waals surface area contributed by atoms with E-state index in [2.05, 4.69) is 12.2 Å². The topological polar surface area (TPSA) is 47.3 Å². The molecule has 0 aromatic heterocycles. The lowest BCUT2D eigenvalue weighted by Gasteiger charge is -2.27. The van der Waals surface area contributed by atoms with E-state index in [1.54, 1.807) is 19.1 Å². The van der Waals surface area contributed by atoms with Crippen LogP contribution in [0.3, 0.4) is 0 Å². The molecule has 0 saturated carbocycles. The van der Waals surface area contributed by atoms with E-state index in [9.17, 15) is 4.39 Å². The summed E-state index contributed by atoms with van der Waals surface area (Å²) in [5, 5.41) is 3.40. The fraction of sp³-hybridized carbons (Fsp3) is 0.600. The molecule has 0 bridgehead atoms. The van der Waals surface area contributed by atoms with Crippen molar-refractivity contribution in [1.82, 2.24) is 5.32 Å². The van der Waals surface area contributed by atoms with Gasteiger partial charge in [0.05, 0.1) is 5.60 Å². The molecule has 0 amide bonds. The zero-order valence-corrected chi connectivity index (χ0v) is 11.7. The molecular weight excluding hydrogens is 243 g/mol. The summed E-state index contributed by atoms with van der Waals surface area (Å²) in [6.07, 6.45) is 2.16. The van der Waals surface area contributed by atoms with Crippen molar-refractivity contribution in [3.63, 3.8) is 0 Å². The molecular formula is C15H23FN2O. The van der Waals surface area contributed by atoms with Crippen molar-refractivity contribution >= 4 is 0 Å². The van der Waals surface area contributed by atoms with Crippen molar-refractivity contribution in [2.45, 2.75) is 38.3 Å². The summed E-state index contributed by atoms with van der Waals surface area (Å²) in [5.74, 6) is -0.180. The van der Waals surface area contributed by atoms with Crippen LogP contribution in [0.5, 0.6) is 0 Å². The van der Waals surface area contributed by atoms with Crippen molar-refractivity contribution in [2.24, 2.45) is 5.73 Å². The van der Waals surface area contributed by atoms with Crippen LogP contribution >= 0.6 is 0 Å². The van der Waals surface area contributed by atoms with Crippen molar-refractivity contribution < 1.29 is 9.13 Å². The Morgan fingerprint density at radius 3 is 2.89 bits per heavy atom. The molecule has 0 radical (unpaired) electrons. The van der Waals surface area contributed by atoms with E-state index < -0.39 is 0 Å². The van der Waals surface area contributed by atoms with Gasteiger partial charge in [0.2, 0.25) is 0 Å². The highest BCUT2D eigenvalue weighted by Crippen LogP contribution is 2.25. The van der Waals surface area contributed by atoms with Crippen LogP contribution < -0.4 is 11.1 Å². The van der Waals surface area contributed by atoms with Crippen LogP contribution in [0.25, 0.3) is 0 Å². The Bertz CT molecular complexity index is 430. The Kier molecular flexibility index (Phi) is 4.55. The maximum atomic E-state index is 13.6. The Morgan fingerprint density at radius 1 is 1.53 bits per heavy atom. The van der Waals surface area contributed by atoms with E-state index in [1.807, 2.05) is 6.07 Å². The van der Waals surface area contributed by atoms with Gasteiger partial charge in [-0.15, -0.1) is 0 Å². The maximum absolute atomic E-state index is 13.6. The van der Waals surface area contributed by atoms with Gasteiger partial charge in [-0.1, -0.05) is 12.1 Å². The second-order valence-electron chi connectivity index (χ2n) is 5.58. The minimum absolute atomic E-state index is 0.0314. The van der Waals surface area contributed by atoms with Crippen LogP contribution in [-0.4, -0.2) is 25.3 Å². The summed E-state index contributed by atoms with van der Waals surface area (Å²) in [6, 6.07) is 5.26. The molecule has 106 valence electrons. The lowest BCUT2D eigenvalue weighted by Crippen LogP contribution is -2.41. The van der Waals surface area contributed by atoms with E-state index in [-0.39, 0.29) is 17.5 Å². The fourth-order valence-electron chi connectivity index (χ4n) is 2.48. The smallest absolute Gasteiger partial charge is 0.126 e. The standard InChI is InChI=1S/C15H23FN2O/c1-11-4-5-12(8-13(11)16)14(9-17)18-10-15(2)6-3-7-19-15/h4-5,8,14,18H,3,6-7,9-10,17H2,1-2H3. The third kappa shape index (κ3) is 3.53. The summed E-state index contributed by atoms with van der Waals surface area (Å²) < 4.78 is 19.3. The number of aryl methyl sites for hydroxylation is 1. The summed E-state index contributed by atoms with van der Waals surface area (Å²) >= 11 is 0. The quantitative estimate of drug-likeness (QED) is 0.859. The molecule has 1 aromatic rings. The van der Waals surface area contributed by atoms with Gasteiger partial charge in [-0.05, 0) is 43.9 Å². The molecule has 2 unspecified atom stereocenters. The Labute approximate surface area is 114 Å². The summed E-state index contributed by atoms with van der Waals surface area (Å²) in [5.41, 5.74) is 7.23. The van der Waals surface area contributed by atoms with Gasteiger partial charge < -0.3 is 15.8 Å². The molecule has 1 saturated heterocycles. The first-order chi connectivity index (χ1) is 9.04. The SMILES string of the molecule is Cc1ccc(C(CN)NCC2(C)CCCO2)cc1F. The minimum atomic E-state index is -0.180. The van der Waals surface area contributed by atoms with E-state index in [0.29, 0.717) is 12.1 Å². The van der Waals surface area contributed by atoms with Crippen molar-refractivity contribution in [3.8, 4) is 0 Å². The van der Waals surface area contributed by atoms with Gasteiger partial charge in [-0.3, -0.25) is 0 Å². The van der Waals surface area contributed by atoms with E-state index in [4.69, 9.17) is 10.5 Å². The third-order valence-electron chi connectivity index (χ3n) is 3.86. The highest BCUT2D eigenvalue weighted by Gasteiger charge is 2.30. The first-order valence-electron chi connectivity index (χ1n) is 6.87. The monoisotopic (exact) mass is 266 g/mol. The highest BCUT2D eigenvalue weighted by atomic mass is 19.1. The van der Waals surface area contributed by atoms with Crippen molar-refractivity contribution in [1.29, 1.82) is 0 Å². The largest absolute Gasteiger partial charge is 0.374 e. The van der Waals surface area contributed by atoms with Gasteiger partial charge in [0, 0.05) is 25.7 Å². The molecule has 1 aromatic carbocycles. The second kappa shape index (κ2) is 5.99. The molecule has 1 aliphatic heterocycles.